The molecule has 0 aliphatic carbocycles. The molecule has 3 rings (SSSR count). The van der Waals surface area contributed by atoms with Gasteiger partial charge in [0.25, 0.3) is 5.91 Å². The zero-order valence-corrected chi connectivity index (χ0v) is 14.3. The lowest BCUT2D eigenvalue weighted by atomic mass is 10.2. The summed E-state index contributed by atoms with van der Waals surface area (Å²) in [6.45, 7) is 0.362. The Morgan fingerprint density at radius 3 is 2.76 bits per heavy atom. The fraction of sp³-hybridized carbons (Fsp3) is 0.167. The molecule has 0 aliphatic heterocycles. The lowest BCUT2D eigenvalue weighted by Gasteiger charge is -2.08. The minimum absolute atomic E-state index is 0.219. The second-order valence-corrected chi connectivity index (χ2v) is 5.60. The summed E-state index contributed by atoms with van der Waals surface area (Å²) in [4.78, 5) is 16.5. The van der Waals surface area contributed by atoms with E-state index in [4.69, 9.17) is 20.9 Å². The Balaban J connectivity index is 1.60. The summed E-state index contributed by atoms with van der Waals surface area (Å²) in [5, 5.41) is 7.29. The van der Waals surface area contributed by atoms with Crippen molar-refractivity contribution >= 4 is 17.5 Å². The van der Waals surface area contributed by atoms with Crippen LogP contribution in [0.3, 0.4) is 0 Å². The number of hydrogen-bond donors (Lipinski definition) is 1. The van der Waals surface area contributed by atoms with Gasteiger partial charge in [0.2, 0.25) is 11.7 Å². The van der Waals surface area contributed by atoms with E-state index in [1.54, 1.807) is 24.3 Å². The average molecular weight is 358 g/mol. The fourth-order valence-electron chi connectivity index (χ4n) is 2.32. The van der Waals surface area contributed by atoms with E-state index >= 15 is 0 Å². The molecule has 2 aromatic carbocycles. The van der Waals surface area contributed by atoms with Gasteiger partial charge in [0.1, 0.15) is 5.75 Å². The molecule has 3 aromatic rings. The summed E-state index contributed by atoms with van der Waals surface area (Å²) in [5.41, 5.74) is 1.18. The molecule has 128 valence electrons. The van der Waals surface area contributed by atoms with Gasteiger partial charge in [0, 0.05) is 18.5 Å². The van der Waals surface area contributed by atoms with E-state index in [-0.39, 0.29) is 5.91 Å². The summed E-state index contributed by atoms with van der Waals surface area (Å²) in [7, 11) is 1.53. The quantitative estimate of drug-likeness (QED) is 0.731. The lowest BCUT2D eigenvalue weighted by Crippen LogP contribution is -2.26. The molecule has 1 N–H and O–H groups in total. The maximum Gasteiger partial charge on any atom is 0.255 e. The predicted molar refractivity (Wildman–Crippen MR) is 93.8 cm³/mol. The highest BCUT2D eigenvalue weighted by atomic mass is 35.5. The van der Waals surface area contributed by atoms with Crippen molar-refractivity contribution in [1.29, 1.82) is 0 Å². The van der Waals surface area contributed by atoms with Gasteiger partial charge in [-0.15, -0.1) is 0 Å². The number of carbonyl (C=O) groups is 1. The number of amides is 1. The van der Waals surface area contributed by atoms with Crippen LogP contribution in [-0.2, 0) is 6.42 Å². The van der Waals surface area contributed by atoms with Gasteiger partial charge in [-0.2, -0.15) is 4.98 Å². The molecule has 6 nitrogen and oxygen atoms in total. The molecule has 0 saturated heterocycles. The van der Waals surface area contributed by atoms with Gasteiger partial charge in [0.15, 0.2) is 0 Å². The van der Waals surface area contributed by atoms with Gasteiger partial charge in [-0.3, -0.25) is 4.79 Å². The first-order chi connectivity index (χ1) is 12.2. The summed E-state index contributed by atoms with van der Waals surface area (Å²) in [6.07, 6.45) is 0.415. The number of hydrogen-bond acceptors (Lipinski definition) is 5. The summed E-state index contributed by atoms with van der Waals surface area (Å²) in [5.74, 6) is 1.16. The third kappa shape index (κ3) is 3.97. The first-order valence-corrected chi connectivity index (χ1v) is 8.05. The molecule has 1 heterocycles. The Kier molecular flexibility index (Phi) is 5.30. The van der Waals surface area contributed by atoms with Crippen molar-refractivity contribution in [2.45, 2.75) is 6.42 Å². The van der Waals surface area contributed by atoms with Crippen LogP contribution in [0.1, 0.15) is 16.2 Å². The first kappa shape index (κ1) is 17.0. The van der Waals surface area contributed by atoms with Crippen molar-refractivity contribution < 1.29 is 14.1 Å². The van der Waals surface area contributed by atoms with E-state index < -0.39 is 0 Å². The van der Waals surface area contributed by atoms with Crippen molar-refractivity contribution in [3.8, 4) is 17.1 Å². The van der Waals surface area contributed by atoms with E-state index in [2.05, 4.69) is 15.5 Å². The molecule has 0 saturated carbocycles. The highest BCUT2D eigenvalue weighted by Crippen LogP contribution is 2.24. The SMILES string of the molecule is COc1ccccc1C(=O)NCCc1nc(-c2ccccc2Cl)no1. The molecular weight excluding hydrogens is 342 g/mol. The Bertz CT molecular complexity index is 879. The Morgan fingerprint density at radius 2 is 1.96 bits per heavy atom. The Morgan fingerprint density at radius 1 is 1.20 bits per heavy atom. The van der Waals surface area contributed by atoms with Crippen molar-refractivity contribution in [3.05, 3.63) is 65.0 Å². The molecule has 0 unspecified atom stereocenters. The average Bonchev–Trinajstić information content (AvgIpc) is 3.10. The second kappa shape index (κ2) is 7.81. The highest BCUT2D eigenvalue weighted by molar-refractivity contribution is 6.33. The minimum Gasteiger partial charge on any atom is -0.496 e. The summed E-state index contributed by atoms with van der Waals surface area (Å²) < 4.78 is 10.4. The number of ether oxygens (including phenoxy) is 1. The zero-order chi connectivity index (χ0) is 17.6. The second-order valence-electron chi connectivity index (χ2n) is 5.20. The zero-order valence-electron chi connectivity index (χ0n) is 13.5. The van der Waals surface area contributed by atoms with Crippen LogP contribution >= 0.6 is 11.6 Å². The number of nitrogens with one attached hydrogen (secondary N) is 1. The standard InChI is InChI=1S/C18H16ClN3O3/c1-24-15-9-5-3-7-13(15)18(23)20-11-10-16-21-17(22-25-16)12-6-2-4-8-14(12)19/h2-9H,10-11H2,1H3,(H,20,23). The fourth-order valence-corrected chi connectivity index (χ4v) is 2.54. The van der Waals surface area contributed by atoms with Gasteiger partial charge < -0.3 is 14.6 Å². The molecule has 7 heteroatoms. The number of nitrogens with zero attached hydrogens (tertiary/aromatic N) is 2. The van der Waals surface area contributed by atoms with Crippen LogP contribution in [0.5, 0.6) is 5.75 Å². The van der Waals surface area contributed by atoms with Gasteiger partial charge in [-0.05, 0) is 24.3 Å². The molecule has 0 fully saturated rings. The van der Waals surface area contributed by atoms with Crippen LogP contribution in [0, 0.1) is 0 Å². The summed E-state index contributed by atoms with van der Waals surface area (Å²) >= 11 is 6.12. The van der Waals surface area contributed by atoms with E-state index in [0.29, 0.717) is 46.6 Å². The van der Waals surface area contributed by atoms with Crippen molar-refractivity contribution in [3.63, 3.8) is 0 Å². The number of halogens is 1. The predicted octanol–water partition coefficient (Wildman–Crippen LogP) is 3.37. The highest BCUT2D eigenvalue weighted by Gasteiger charge is 2.13. The first-order valence-electron chi connectivity index (χ1n) is 7.67. The van der Waals surface area contributed by atoms with Gasteiger partial charge in [-0.25, -0.2) is 0 Å². The number of benzene rings is 2. The molecule has 0 bridgehead atoms. The third-order valence-corrected chi connectivity index (χ3v) is 3.89. The van der Waals surface area contributed by atoms with Crippen molar-refractivity contribution in [1.82, 2.24) is 15.5 Å². The number of rotatable bonds is 6. The maximum absolute atomic E-state index is 12.2. The van der Waals surface area contributed by atoms with Crippen LogP contribution in [-0.4, -0.2) is 29.7 Å². The van der Waals surface area contributed by atoms with E-state index in [9.17, 15) is 4.79 Å². The monoisotopic (exact) mass is 357 g/mol. The topological polar surface area (TPSA) is 77.2 Å². The number of methoxy groups -OCH3 is 1. The van der Waals surface area contributed by atoms with Crippen LogP contribution in [0.15, 0.2) is 53.1 Å². The van der Waals surface area contributed by atoms with Gasteiger partial charge in [-0.1, -0.05) is 41.0 Å². The van der Waals surface area contributed by atoms with Crippen LogP contribution in [0.25, 0.3) is 11.4 Å². The van der Waals surface area contributed by atoms with Crippen LogP contribution < -0.4 is 10.1 Å². The third-order valence-electron chi connectivity index (χ3n) is 3.56. The smallest absolute Gasteiger partial charge is 0.255 e. The van der Waals surface area contributed by atoms with Crippen molar-refractivity contribution in [2.75, 3.05) is 13.7 Å². The number of carbonyl (C=O) groups excluding carboxylic acids is 1. The number of para-hydroxylation sites is 1. The summed E-state index contributed by atoms with van der Waals surface area (Å²) in [6, 6.07) is 14.3. The molecule has 0 atom stereocenters. The van der Waals surface area contributed by atoms with E-state index in [1.807, 2.05) is 24.3 Å². The number of aromatic nitrogens is 2. The maximum atomic E-state index is 12.2. The van der Waals surface area contributed by atoms with Gasteiger partial charge in [0.05, 0.1) is 17.7 Å². The van der Waals surface area contributed by atoms with Crippen molar-refractivity contribution in [2.24, 2.45) is 0 Å². The Labute approximate surface area is 149 Å². The molecule has 1 amide bonds. The van der Waals surface area contributed by atoms with Crippen LogP contribution in [0.4, 0.5) is 0 Å². The Hall–Kier alpha value is -2.86. The van der Waals surface area contributed by atoms with Crippen LogP contribution in [0.2, 0.25) is 5.02 Å². The van der Waals surface area contributed by atoms with Gasteiger partial charge >= 0.3 is 0 Å². The minimum atomic E-state index is -0.219. The molecule has 0 spiro atoms. The molecular formula is C18H16ClN3O3. The molecule has 0 radical (unpaired) electrons. The normalized spacial score (nSPS) is 10.5. The largest absolute Gasteiger partial charge is 0.496 e. The molecule has 1 aromatic heterocycles. The van der Waals surface area contributed by atoms with E-state index in [0.717, 1.165) is 0 Å². The molecule has 0 aliphatic rings. The lowest BCUT2D eigenvalue weighted by molar-refractivity contribution is 0.0950. The van der Waals surface area contributed by atoms with E-state index in [1.165, 1.54) is 7.11 Å². The molecule has 25 heavy (non-hydrogen) atoms.